The first-order valence-electron chi connectivity index (χ1n) is 6.77. The lowest BCUT2D eigenvalue weighted by Gasteiger charge is -2.07. The first-order chi connectivity index (χ1) is 10.0. The molecule has 0 spiro atoms. The van der Waals surface area contributed by atoms with Gasteiger partial charge in [0, 0.05) is 24.8 Å². The molecule has 7 heteroatoms. The summed E-state index contributed by atoms with van der Waals surface area (Å²) in [7, 11) is 0. The van der Waals surface area contributed by atoms with Gasteiger partial charge in [0.1, 0.15) is 5.02 Å². The zero-order valence-electron chi connectivity index (χ0n) is 11.5. The Morgan fingerprint density at radius 1 is 1.52 bits per heavy atom. The van der Waals surface area contributed by atoms with Crippen LogP contribution in [0.5, 0.6) is 0 Å². The fourth-order valence-corrected chi connectivity index (χ4v) is 2.40. The van der Waals surface area contributed by atoms with Crippen molar-refractivity contribution in [3.8, 4) is 5.69 Å². The van der Waals surface area contributed by atoms with Crippen molar-refractivity contribution in [2.45, 2.75) is 32.4 Å². The van der Waals surface area contributed by atoms with E-state index in [2.05, 4.69) is 10.4 Å². The van der Waals surface area contributed by atoms with E-state index in [1.54, 1.807) is 10.7 Å². The van der Waals surface area contributed by atoms with Gasteiger partial charge < -0.3 is 5.32 Å². The summed E-state index contributed by atoms with van der Waals surface area (Å²) in [5.41, 5.74) is 2.37. The lowest BCUT2D eigenvalue weighted by molar-refractivity contribution is -0.384. The van der Waals surface area contributed by atoms with Gasteiger partial charge in [0.25, 0.3) is 5.69 Å². The summed E-state index contributed by atoms with van der Waals surface area (Å²) < 4.78 is 1.70. The van der Waals surface area contributed by atoms with Crippen LogP contribution in [0.2, 0.25) is 5.02 Å². The van der Waals surface area contributed by atoms with Crippen LogP contribution in [0.25, 0.3) is 5.69 Å². The number of nitro benzene ring substituents is 1. The second kappa shape index (κ2) is 5.46. The summed E-state index contributed by atoms with van der Waals surface area (Å²) in [6.07, 6.45) is 4.31. The topological polar surface area (TPSA) is 73.0 Å². The molecule has 1 fully saturated rings. The van der Waals surface area contributed by atoms with E-state index in [1.165, 1.54) is 18.9 Å². The third kappa shape index (κ3) is 3.06. The zero-order valence-corrected chi connectivity index (χ0v) is 12.3. The van der Waals surface area contributed by atoms with Crippen molar-refractivity contribution in [3.05, 3.63) is 50.8 Å². The predicted octanol–water partition coefficient (Wildman–Crippen LogP) is 2.99. The number of nitro groups is 1. The van der Waals surface area contributed by atoms with E-state index >= 15 is 0 Å². The van der Waals surface area contributed by atoms with Crippen LogP contribution in [0.15, 0.2) is 24.4 Å². The number of nitrogens with one attached hydrogen (secondary N) is 1. The molecule has 1 heterocycles. The molecule has 0 radical (unpaired) electrons. The molecule has 21 heavy (non-hydrogen) atoms. The molecule has 1 saturated carbocycles. The van der Waals surface area contributed by atoms with Crippen molar-refractivity contribution in [1.82, 2.24) is 15.1 Å². The normalized spacial score (nSPS) is 14.4. The molecule has 3 rings (SSSR count). The number of halogens is 1. The molecule has 1 aliphatic carbocycles. The Morgan fingerprint density at radius 3 is 2.95 bits per heavy atom. The summed E-state index contributed by atoms with van der Waals surface area (Å²) in [5.74, 6) is 0. The third-order valence-corrected chi connectivity index (χ3v) is 3.81. The fourth-order valence-electron chi connectivity index (χ4n) is 2.17. The Bertz CT molecular complexity index is 694. The molecule has 0 aliphatic heterocycles. The molecule has 1 aromatic carbocycles. The van der Waals surface area contributed by atoms with Crippen LogP contribution >= 0.6 is 11.6 Å². The van der Waals surface area contributed by atoms with Gasteiger partial charge in [0.05, 0.1) is 16.3 Å². The van der Waals surface area contributed by atoms with Gasteiger partial charge in [-0.15, -0.1) is 0 Å². The number of aromatic nitrogens is 2. The Hall–Kier alpha value is -1.92. The maximum Gasteiger partial charge on any atom is 0.288 e. The molecule has 1 aliphatic rings. The molecule has 0 amide bonds. The molecule has 0 saturated heterocycles. The maximum absolute atomic E-state index is 10.9. The number of nitrogens with zero attached hydrogens (tertiary/aromatic N) is 3. The summed E-state index contributed by atoms with van der Waals surface area (Å²) >= 11 is 5.97. The number of hydrogen-bond acceptors (Lipinski definition) is 4. The predicted molar refractivity (Wildman–Crippen MR) is 79.8 cm³/mol. The monoisotopic (exact) mass is 306 g/mol. The summed E-state index contributed by atoms with van der Waals surface area (Å²) in [6, 6.07) is 5.62. The minimum Gasteiger partial charge on any atom is -0.308 e. The molecule has 0 bridgehead atoms. The van der Waals surface area contributed by atoms with Gasteiger partial charge >= 0.3 is 0 Å². The summed E-state index contributed by atoms with van der Waals surface area (Å²) in [5, 5.41) is 18.9. The van der Waals surface area contributed by atoms with Crippen LogP contribution in [-0.2, 0) is 6.54 Å². The molecular weight excluding hydrogens is 292 g/mol. The molecule has 0 unspecified atom stereocenters. The van der Waals surface area contributed by atoms with Crippen molar-refractivity contribution in [2.24, 2.45) is 0 Å². The molecule has 110 valence electrons. The van der Waals surface area contributed by atoms with Gasteiger partial charge in [-0.1, -0.05) is 11.6 Å². The van der Waals surface area contributed by atoms with E-state index in [9.17, 15) is 10.1 Å². The van der Waals surface area contributed by atoms with Gasteiger partial charge in [-0.05, 0) is 37.5 Å². The highest BCUT2D eigenvalue weighted by Crippen LogP contribution is 2.29. The van der Waals surface area contributed by atoms with Gasteiger partial charge in [0.15, 0.2) is 0 Å². The smallest absolute Gasteiger partial charge is 0.288 e. The minimum atomic E-state index is -0.479. The molecule has 2 aromatic rings. The van der Waals surface area contributed by atoms with Gasteiger partial charge in [0.2, 0.25) is 0 Å². The standard InChI is InChI=1S/C14H15ClN4O2/c1-9-6-14(19(20)21)12(15)7-13(9)18-5-4-11(17-18)8-16-10-2-3-10/h4-7,10,16H,2-3,8H2,1H3. The number of rotatable bonds is 5. The molecule has 6 nitrogen and oxygen atoms in total. The highest BCUT2D eigenvalue weighted by Gasteiger charge is 2.20. The Kier molecular flexibility index (Phi) is 3.65. The van der Waals surface area contributed by atoms with Crippen LogP contribution in [-0.4, -0.2) is 20.7 Å². The van der Waals surface area contributed by atoms with Crippen molar-refractivity contribution < 1.29 is 4.92 Å². The lowest BCUT2D eigenvalue weighted by Crippen LogP contribution is -2.15. The lowest BCUT2D eigenvalue weighted by atomic mass is 10.2. The Balaban J connectivity index is 1.85. The Labute approximate surface area is 126 Å². The van der Waals surface area contributed by atoms with Crippen LogP contribution in [0.4, 0.5) is 5.69 Å². The van der Waals surface area contributed by atoms with Gasteiger partial charge in [-0.25, -0.2) is 4.68 Å². The molecular formula is C14H15ClN4O2. The molecule has 1 N–H and O–H groups in total. The maximum atomic E-state index is 10.9. The van der Waals surface area contributed by atoms with Crippen molar-refractivity contribution >= 4 is 17.3 Å². The van der Waals surface area contributed by atoms with E-state index in [0.717, 1.165) is 23.5 Å². The van der Waals surface area contributed by atoms with Crippen molar-refractivity contribution in [1.29, 1.82) is 0 Å². The van der Waals surface area contributed by atoms with Crippen molar-refractivity contribution in [3.63, 3.8) is 0 Å². The highest BCUT2D eigenvalue weighted by molar-refractivity contribution is 6.32. The second-order valence-electron chi connectivity index (χ2n) is 5.25. The zero-order chi connectivity index (χ0) is 15.0. The fraction of sp³-hybridized carbons (Fsp3) is 0.357. The van der Waals surface area contributed by atoms with E-state index in [1.807, 2.05) is 19.2 Å². The second-order valence-corrected chi connectivity index (χ2v) is 5.66. The minimum absolute atomic E-state index is 0.0827. The first kappa shape index (κ1) is 14.0. The highest BCUT2D eigenvalue weighted by atomic mass is 35.5. The van der Waals surface area contributed by atoms with Crippen LogP contribution in [0, 0.1) is 17.0 Å². The summed E-state index contributed by atoms with van der Waals surface area (Å²) in [6.45, 7) is 2.54. The third-order valence-electron chi connectivity index (χ3n) is 3.50. The average molecular weight is 307 g/mol. The van der Waals surface area contributed by atoms with E-state index in [0.29, 0.717) is 6.04 Å². The van der Waals surface area contributed by atoms with E-state index < -0.39 is 4.92 Å². The quantitative estimate of drug-likeness (QED) is 0.681. The Morgan fingerprint density at radius 2 is 2.29 bits per heavy atom. The summed E-state index contributed by atoms with van der Waals surface area (Å²) in [4.78, 5) is 10.4. The molecule has 1 aromatic heterocycles. The van der Waals surface area contributed by atoms with Crippen LogP contribution in [0.3, 0.4) is 0 Å². The number of hydrogen-bond donors (Lipinski definition) is 1. The van der Waals surface area contributed by atoms with Gasteiger partial charge in [-0.3, -0.25) is 10.1 Å². The number of benzene rings is 1. The largest absolute Gasteiger partial charge is 0.308 e. The molecule has 0 atom stereocenters. The number of aryl methyl sites for hydroxylation is 1. The van der Waals surface area contributed by atoms with Crippen molar-refractivity contribution in [2.75, 3.05) is 0 Å². The van der Waals surface area contributed by atoms with Gasteiger partial charge in [-0.2, -0.15) is 5.10 Å². The van der Waals surface area contributed by atoms with E-state index in [4.69, 9.17) is 11.6 Å². The van der Waals surface area contributed by atoms with Crippen LogP contribution in [0.1, 0.15) is 24.1 Å². The SMILES string of the molecule is Cc1cc([N+](=O)[O-])c(Cl)cc1-n1ccc(CNC2CC2)n1. The van der Waals surface area contributed by atoms with E-state index in [-0.39, 0.29) is 10.7 Å². The average Bonchev–Trinajstić information content (AvgIpc) is 3.16. The van der Waals surface area contributed by atoms with Crippen LogP contribution < -0.4 is 5.32 Å². The first-order valence-corrected chi connectivity index (χ1v) is 7.15.